The number of carbonyl (C=O) groups is 2. The fourth-order valence-electron chi connectivity index (χ4n) is 1.84. The number of carbonyl (C=O) groups excluding carboxylic acids is 2. The molecule has 0 heterocycles. The zero-order valence-corrected chi connectivity index (χ0v) is 13.1. The van der Waals surface area contributed by atoms with Crippen molar-refractivity contribution in [2.24, 2.45) is 0 Å². The first-order valence-corrected chi connectivity index (χ1v) is 7.92. The van der Waals surface area contributed by atoms with Crippen molar-refractivity contribution >= 4 is 40.9 Å². The molecule has 2 aromatic carbocycles. The highest BCUT2D eigenvalue weighted by Crippen LogP contribution is 2.30. The third-order valence-electron chi connectivity index (χ3n) is 2.82. The molecule has 2 rings (SSSR count). The quantitative estimate of drug-likeness (QED) is 0.881. The Bertz CT molecular complexity index is 646. The molecular weight excluding hydrogens is 322 g/mol. The van der Waals surface area contributed by atoms with Crippen LogP contribution in [0.1, 0.15) is 10.8 Å². The maximum absolute atomic E-state index is 12.4. The molecule has 0 aliphatic heterocycles. The van der Waals surface area contributed by atoms with Crippen molar-refractivity contribution in [3.8, 4) is 0 Å². The molecule has 0 spiro atoms. The van der Waals surface area contributed by atoms with Gasteiger partial charge in [0.25, 0.3) is 0 Å². The van der Waals surface area contributed by atoms with Crippen molar-refractivity contribution in [3.05, 3.63) is 65.2 Å². The number of hydrogen-bond acceptors (Lipinski definition) is 4. The summed E-state index contributed by atoms with van der Waals surface area (Å²) in [4.78, 5) is 23.1. The number of anilines is 1. The van der Waals surface area contributed by atoms with E-state index in [1.807, 2.05) is 6.07 Å². The van der Waals surface area contributed by atoms with Crippen LogP contribution in [0.15, 0.2) is 54.6 Å². The van der Waals surface area contributed by atoms with Crippen molar-refractivity contribution in [3.63, 3.8) is 0 Å². The van der Waals surface area contributed by atoms with Gasteiger partial charge in [-0.2, -0.15) is 0 Å². The SMILES string of the molecule is O=C([O-])CS[C@@H](C(=O)Nc1ccc(Cl)cc1)c1ccccc1. The molecule has 1 amide bonds. The van der Waals surface area contributed by atoms with Gasteiger partial charge in [0.2, 0.25) is 5.91 Å². The molecule has 0 unspecified atom stereocenters. The number of halogens is 1. The molecule has 0 saturated carbocycles. The molecule has 0 aliphatic carbocycles. The zero-order chi connectivity index (χ0) is 15.9. The second kappa shape index (κ2) is 7.87. The summed E-state index contributed by atoms with van der Waals surface area (Å²) < 4.78 is 0. The predicted molar refractivity (Wildman–Crippen MR) is 86.7 cm³/mol. The van der Waals surface area contributed by atoms with Crippen molar-refractivity contribution in [2.75, 3.05) is 11.1 Å². The third-order valence-corrected chi connectivity index (χ3v) is 4.29. The molecule has 0 aliphatic rings. The lowest BCUT2D eigenvalue weighted by Gasteiger charge is -2.17. The van der Waals surface area contributed by atoms with E-state index in [1.54, 1.807) is 48.5 Å². The molecule has 0 saturated heterocycles. The van der Waals surface area contributed by atoms with Crippen molar-refractivity contribution in [1.29, 1.82) is 0 Å². The standard InChI is InChI=1S/C16H14ClNO3S/c17-12-6-8-13(9-7-12)18-16(21)15(22-10-14(19)20)11-4-2-1-3-5-11/h1-9,15H,10H2,(H,18,21)(H,19,20)/p-1/t15-/m1/s1. The normalized spacial score (nSPS) is 11.7. The largest absolute Gasteiger partial charge is 0.549 e. The minimum absolute atomic E-state index is 0.256. The summed E-state index contributed by atoms with van der Waals surface area (Å²) in [7, 11) is 0. The monoisotopic (exact) mass is 334 g/mol. The predicted octanol–water partition coefficient (Wildman–Crippen LogP) is 2.50. The minimum atomic E-state index is -1.20. The third kappa shape index (κ3) is 4.79. The van der Waals surface area contributed by atoms with Crippen LogP contribution in [-0.4, -0.2) is 17.6 Å². The first-order chi connectivity index (χ1) is 10.6. The van der Waals surface area contributed by atoms with Gasteiger partial charge in [-0.25, -0.2) is 0 Å². The van der Waals surface area contributed by atoms with Crippen molar-refractivity contribution in [1.82, 2.24) is 0 Å². The first-order valence-electron chi connectivity index (χ1n) is 6.49. The summed E-state index contributed by atoms with van der Waals surface area (Å²) >= 11 is 6.82. The number of benzene rings is 2. The minimum Gasteiger partial charge on any atom is -0.549 e. The van der Waals surface area contributed by atoms with Crippen LogP contribution in [0.5, 0.6) is 0 Å². The van der Waals surface area contributed by atoms with Gasteiger partial charge in [0.15, 0.2) is 0 Å². The molecule has 4 nitrogen and oxygen atoms in total. The van der Waals surface area contributed by atoms with Crippen LogP contribution in [0.4, 0.5) is 5.69 Å². The van der Waals surface area contributed by atoms with Crippen LogP contribution < -0.4 is 10.4 Å². The molecule has 0 bridgehead atoms. The maximum Gasteiger partial charge on any atom is 0.242 e. The Morgan fingerprint density at radius 1 is 1.09 bits per heavy atom. The Hall–Kier alpha value is -1.98. The summed E-state index contributed by atoms with van der Waals surface area (Å²) in [6, 6.07) is 15.7. The van der Waals surface area contributed by atoms with Crippen LogP contribution in [0.3, 0.4) is 0 Å². The molecule has 6 heteroatoms. The molecular formula is C16H13ClNO3S-. The van der Waals surface area contributed by atoms with Crippen LogP contribution >= 0.6 is 23.4 Å². The van der Waals surface area contributed by atoms with Gasteiger partial charge >= 0.3 is 0 Å². The summed E-state index contributed by atoms with van der Waals surface area (Å²) in [5, 5.41) is 13.4. The second-order valence-electron chi connectivity index (χ2n) is 4.47. The molecule has 0 fully saturated rings. The number of aliphatic carboxylic acids is 1. The van der Waals surface area contributed by atoms with E-state index in [9.17, 15) is 14.7 Å². The van der Waals surface area contributed by atoms with Crippen LogP contribution in [0.25, 0.3) is 0 Å². The Morgan fingerprint density at radius 2 is 1.73 bits per heavy atom. The Labute approximate surface area is 137 Å². The summed E-state index contributed by atoms with van der Waals surface area (Å²) in [5.41, 5.74) is 1.34. The number of nitrogens with one attached hydrogen (secondary N) is 1. The van der Waals surface area contributed by atoms with E-state index in [0.29, 0.717) is 10.7 Å². The Balaban J connectivity index is 2.14. The van der Waals surface area contributed by atoms with E-state index in [4.69, 9.17) is 11.6 Å². The topological polar surface area (TPSA) is 69.2 Å². The van der Waals surface area contributed by atoms with E-state index < -0.39 is 11.2 Å². The number of carboxylic acid groups (broad SMARTS) is 1. The van der Waals surface area contributed by atoms with Crippen molar-refractivity contribution < 1.29 is 14.7 Å². The van der Waals surface area contributed by atoms with Gasteiger partial charge in [0.1, 0.15) is 5.25 Å². The highest BCUT2D eigenvalue weighted by atomic mass is 35.5. The van der Waals surface area contributed by atoms with Gasteiger partial charge in [-0.15, -0.1) is 11.8 Å². The lowest BCUT2D eigenvalue weighted by atomic mass is 10.1. The van der Waals surface area contributed by atoms with E-state index >= 15 is 0 Å². The van der Waals surface area contributed by atoms with E-state index in [1.165, 1.54) is 0 Å². The van der Waals surface area contributed by atoms with Crippen LogP contribution in [0, 0.1) is 0 Å². The van der Waals surface area contributed by atoms with Crippen LogP contribution in [0.2, 0.25) is 5.02 Å². The van der Waals surface area contributed by atoms with E-state index in [0.717, 1.165) is 17.3 Å². The van der Waals surface area contributed by atoms with E-state index in [-0.39, 0.29) is 11.7 Å². The number of hydrogen-bond donors (Lipinski definition) is 1. The van der Waals surface area contributed by atoms with Gasteiger partial charge in [-0.3, -0.25) is 4.79 Å². The molecule has 22 heavy (non-hydrogen) atoms. The van der Waals surface area contributed by atoms with Gasteiger partial charge in [0, 0.05) is 16.5 Å². The van der Waals surface area contributed by atoms with E-state index in [2.05, 4.69) is 5.32 Å². The molecule has 1 atom stereocenters. The first kappa shape index (κ1) is 16.4. The lowest BCUT2D eigenvalue weighted by molar-refractivity contribution is -0.301. The zero-order valence-electron chi connectivity index (χ0n) is 11.5. The molecule has 114 valence electrons. The highest BCUT2D eigenvalue weighted by molar-refractivity contribution is 8.00. The summed E-state index contributed by atoms with van der Waals surface area (Å²) in [6.45, 7) is 0. The average molecular weight is 335 g/mol. The van der Waals surface area contributed by atoms with Gasteiger partial charge in [0.05, 0.1) is 5.97 Å². The van der Waals surface area contributed by atoms with Gasteiger partial charge < -0.3 is 15.2 Å². The maximum atomic E-state index is 12.4. The second-order valence-corrected chi connectivity index (χ2v) is 6.00. The number of carboxylic acids is 1. The molecule has 0 aromatic heterocycles. The number of amides is 1. The Morgan fingerprint density at radius 3 is 2.32 bits per heavy atom. The lowest BCUT2D eigenvalue weighted by Crippen LogP contribution is -2.27. The molecule has 1 N–H and O–H groups in total. The average Bonchev–Trinajstić information content (AvgIpc) is 2.50. The van der Waals surface area contributed by atoms with Crippen LogP contribution in [-0.2, 0) is 9.59 Å². The fourth-order valence-corrected chi connectivity index (χ4v) is 2.83. The summed E-state index contributed by atoms with van der Waals surface area (Å²) in [6.07, 6.45) is 0. The smallest absolute Gasteiger partial charge is 0.242 e. The van der Waals surface area contributed by atoms with Gasteiger partial charge in [-0.05, 0) is 29.8 Å². The number of rotatable bonds is 6. The van der Waals surface area contributed by atoms with Crippen molar-refractivity contribution in [2.45, 2.75) is 5.25 Å². The van der Waals surface area contributed by atoms with Gasteiger partial charge in [-0.1, -0.05) is 41.9 Å². The number of thioether (sulfide) groups is 1. The highest BCUT2D eigenvalue weighted by Gasteiger charge is 2.21. The fraction of sp³-hybridized carbons (Fsp3) is 0.125. The molecule has 2 aromatic rings. The Kier molecular flexibility index (Phi) is 5.86. The molecule has 0 radical (unpaired) electrons. The summed E-state index contributed by atoms with van der Waals surface area (Å²) in [5.74, 6) is -1.75.